The molecule has 0 amide bonds. The van der Waals surface area contributed by atoms with E-state index in [1.54, 1.807) is 12.3 Å². The predicted octanol–water partition coefficient (Wildman–Crippen LogP) is 2.41. The number of hydrogen-bond acceptors (Lipinski definition) is 1. The number of rotatable bonds is 0. The SMILES string of the molecule is Brc1c[c]ncc1Br. The molecule has 0 spiro atoms. The first-order chi connectivity index (χ1) is 3.80. The van der Waals surface area contributed by atoms with Crippen LogP contribution in [0.4, 0.5) is 0 Å². The van der Waals surface area contributed by atoms with Gasteiger partial charge in [-0.15, -0.1) is 0 Å². The van der Waals surface area contributed by atoms with E-state index in [1.165, 1.54) is 0 Å². The third kappa shape index (κ3) is 1.29. The molecule has 3 heteroatoms. The zero-order valence-electron chi connectivity index (χ0n) is 3.86. The van der Waals surface area contributed by atoms with Gasteiger partial charge in [-0.25, -0.2) is 0 Å². The van der Waals surface area contributed by atoms with Crippen molar-refractivity contribution in [1.29, 1.82) is 0 Å². The van der Waals surface area contributed by atoms with Gasteiger partial charge in [-0.2, -0.15) is 0 Å². The second-order valence-electron chi connectivity index (χ2n) is 1.23. The summed E-state index contributed by atoms with van der Waals surface area (Å²) in [4.78, 5) is 3.74. The van der Waals surface area contributed by atoms with Gasteiger partial charge in [0.1, 0.15) is 0 Å². The molecule has 8 heavy (non-hydrogen) atoms. The Morgan fingerprint density at radius 3 is 2.50 bits per heavy atom. The summed E-state index contributed by atoms with van der Waals surface area (Å²) in [6, 6.07) is 1.75. The minimum atomic E-state index is 0.955. The fourth-order valence-electron chi connectivity index (χ4n) is 0.318. The molecule has 0 aliphatic rings. The maximum Gasteiger partial charge on any atom is 0.0898 e. The minimum absolute atomic E-state index is 0.955. The van der Waals surface area contributed by atoms with Gasteiger partial charge in [0.15, 0.2) is 0 Å². The van der Waals surface area contributed by atoms with E-state index in [2.05, 4.69) is 43.0 Å². The number of pyridine rings is 1. The van der Waals surface area contributed by atoms with Gasteiger partial charge < -0.3 is 0 Å². The molecule has 1 nitrogen and oxygen atoms in total. The van der Waals surface area contributed by atoms with Crippen LogP contribution in [0.2, 0.25) is 0 Å². The van der Waals surface area contributed by atoms with E-state index in [0.29, 0.717) is 0 Å². The van der Waals surface area contributed by atoms with E-state index in [-0.39, 0.29) is 0 Å². The maximum absolute atomic E-state index is 3.74. The molecule has 1 heterocycles. The van der Waals surface area contributed by atoms with Crippen LogP contribution < -0.4 is 0 Å². The smallest absolute Gasteiger partial charge is 0.0898 e. The van der Waals surface area contributed by atoms with Gasteiger partial charge in [0.25, 0.3) is 0 Å². The van der Waals surface area contributed by atoms with Crippen molar-refractivity contribution in [1.82, 2.24) is 4.98 Å². The molecule has 0 saturated carbocycles. The molecule has 0 aromatic carbocycles. The summed E-state index contributed by atoms with van der Waals surface area (Å²) in [6.07, 6.45) is 4.36. The van der Waals surface area contributed by atoms with Gasteiger partial charge in [-0.1, -0.05) is 0 Å². The van der Waals surface area contributed by atoms with Crippen molar-refractivity contribution < 1.29 is 0 Å². The standard InChI is InChI=1S/C5H2Br2N/c6-4-1-2-8-3-5(4)7/h1,3H. The normalized spacial score (nSPS) is 9.25. The lowest BCUT2D eigenvalue weighted by atomic mass is 10.5. The van der Waals surface area contributed by atoms with Crippen molar-refractivity contribution in [3.63, 3.8) is 0 Å². The molecule has 0 bridgehead atoms. The minimum Gasteiger partial charge on any atom is -0.253 e. The zero-order valence-corrected chi connectivity index (χ0v) is 7.03. The highest BCUT2D eigenvalue weighted by molar-refractivity contribution is 9.13. The molecule has 1 aromatic rings. The van der Waals surface area contributed by atoms with Crippen molar-refractivity contribution >= 4 is 31.9 Å². The van der Waals surface area contributed by atoms with Gasteiger partial charge in [0.05, 0.1) is 10.7 Å². The summed E-state index contributed by atoms with van der Waals surface area (Å²) in [5.41, 5.74) is 0. The molecule has 1 aromatic heterocycles. The Bertz CT molecular complexity index is 167. The van der Waals surface area contributed by atoms with Gasteiger partial charge in [-0.05, 0) is 37.9 Å². The molecule has 0 aliphatic carbocycles. The van der Waals surface area contributed by atoms with Crippen LogP contribution in [0.5, 0.6) is 0 Å². The lowest BCUT2D eigenvalue weighted by Crippen LogP contribution is -1.70. The van der Waals surface area contributed by atoms with Crippen molar-refractivity contribution in [2.75, 3.05) is 0 Å². The van der Waals surface area contributed by atoms with Crippen LogP contribution in [0.15, 0.2) is 21.2 Å². The molecule has 0 saturated heterocycles. The molecule has 0 atom stereocenters. The first-order valence-electron chi connectivity index (χ1n) is 1.98. The third-order valence-corrected chi connectivity index (χ3v) is 2.49. The fourth-order valence-corrected chi connectivity index (χ4v) is 0.740. The van der Waals surface area contributed by atoms with Crippen molar-refractivity contribution in [3.8, 4) is 0 Å². The van der Waals surface area contributed by atoms with Gasteiger partial charge >= 0.3 is 0 Å². The Morgan fingerprint density at radius 2 is 2.12 bits per heavy atom. The van der Waals surface area contributed by atoms with Gasteiger partial charge in [0, 0.05) is 10.7 Å². The average Bonchev–Trinajstić information content (AvgIpc) is 1.77. The molecular formula is C5H2Br2N. The number of nitrogens with zero attached hydrogens (tertiary/aromatic N) is 1. The first-order valence-corrected chi connectivity index (χ1v) is 3.56. The third-order valence-electron chi connectivity index (χ3n) is 0.672. The number of hydrogen-bond donors (Lipinski definition) is 0. The second-order valence-corrected chi connectivity index (χ2v) is 2.94. The highest BCUT2D eigenvalue weighted by Gasteiger charge is 1.89. The Hall–Kier alpha value is 0.110. The molecule has 0 unspecified atom stereocenters. The van der Waals surface area contributed by atoms with Crippen molar-refractivity contribution in [3.05, 3.63) is 27.4 Å². The fraction of sp³-hybridized carbons (Fsp3) is 0. The van der Waals surface area contributed by atoms with E-state index >= 15 is 0 Å². The summed E-state index contributed by atoms with van der Waals surface area (Å²) < 4.78 is 1.93. The van der Waals surface area contributed by atoms with E-state index in [0.717, 1.165) is 8.95 Å². The van der Waals surface area contributed by atoms with Crippen LogP contribution in [0.3, 0.4) is 0 Å². The first kappa shape index (κ1) is 6.23. The number of aromatic nitrogens is 1. The van der Waals surface area contributed by atoms with Crippen LogP contribution in [0.1, 0.15) is 0 Å². The summed E-state index contributed by atoms with van der Waals surface area (Å²) in [5.74, 6) is 0. The zero-order chi connectivity index (χ0) is 5.98. The van der Waals surface area contributed by atoms with Gasteiger partial charge in [0.2, 0.25) is 0 Å². The lowest BCUT2D eigenvalue weighted by Gasteiger charge is -1.88. The quantitative estimate of drug-likeness (QED) is 0.673. The lowest BCUT2D eigenvalue weighted by molar-refractivity contribution is 1.28. The predicted molar refractivity (Wildman–Crippen MR) is 38.5 cm³/mol. The Labute approximate surface area is 64.4 Å². The molecule has 0 aliphatic heterocycles. The van der Waals surface area contributed by atoms with Crippen LogP contribution in [-0.4, -0.2) is 4.98 Å². The summed E-state index contributed by atoms with van der Waals surface area (Å²) in [5, 5.41) is 0. The Morgan fingerprint density at radius 1 is 1.38 bits per heavy atom. The highest BCUT2D eigenvalue weighted by Crippen LogP contribution is 2.19. The summed E-state index contributed by atoms with van der Waals surface area (Å²) in [7, 11) is 0. The largest absolute Gasteiger partial charge is 0.253 e. The Kier molecular flexibility index (Phi) is 2.02. The van der Waals surface area contributed by atoms with E-state index in [9.17, 15) is 0 Å². The highest BCUT2D eigenvalue weighted by atomic mass is 79.9. The van der Waals surface area contributed by atoms with Crippen LogP contribution in [-0.2, 0) is 0 Å². The molecular weight excluding hydrogens is 234 g/mol. The molecule has 1 radical (unpaired) electrons. The topological polar surface area (TPSA) is 12.9 Å². The Balaban J connectivity index is 3.13. The summed E-state index contributed by atoms with van der Waals surface area (Å²) in [6.45, 7) is 0. The average molecular weight is 236 g/mol. The van der Waals surface area contributed by atoms with Crippen molar-refractivity contribution in [2.45, 2.75) is 0 Å². The molecule has 1 rings (SSSR count). The number of halogens is 2. The van der Waals surface area contributed by atoms with Crippen LogP contribution in [0, 0.1) is 6.20 Å². The van der Waals surface area contributed by atoms with E-state index < -0.39 is 0 Å². The molecule has 41 valence electrons. The van der Waals surface area contributed by atoms with Crippen molar-refractivity contribution in [2.24, 2.45) is 0 Å². The molecule has 0 N–H and O–H groups in total. The second kappa shape index (κ2) is 2.60. The van der Waals surface area contributed by atoms with Crippen LogP contribution >= 0.6 is 31.9 Å². The summed E-state index contributed by atoms with van der Waals surface area (Å²) >= 11 is 6.54. The maximum atomic E-state index is 3.74. The monoisotopic (exact) mass is 234 g/mol. The van der Waals surface area contributed by atoms with E-state index in [1.807, 2.05) is 0 Å². The van der Waals surface area contributed by atoms with Crippen LogP contribution in [0.25, 0.3) is 0 Å². The molecule has 0 fully saturated rings. The van der Waals surface area contributed by atoms with Gasteiger partial charge in [-0.3, -0.25) is 4.98 Å². The van der Waals surface area contributed by atoms with E-state index in [4.69, 9.17) is 0 Å².